The Labute approximate surface area is 104 Å². The minimum Gasteiger partial charge on any atom is -0.496 e. The molecular weight excluding hydrogens is 212 g/mol. The molecule has 94 valence electrons. The number of hydrogen-bond donors (Lipinski definition) is 1. The van der Waals surface area contributed by atoms with Crippen LogP contribution < -0.4 is 10.1 Å². The van der Waals surface area contributed by atoms with E-state index >= 15 is 0 Å². The van der Waals surface area contributed by atoms with Crippen LogP contribution in [0.1, 0.15) is 18.4 Å². The Balaban J connectivity index is 1.77. The van der Waals surface area contributed by atoms with Gasteiger partial charge >= 0.3 is 0 Å². The molecule has 0 spiro atoms. The number of para-hydroxylation sites is 1. The maximum absolute atomic E-state index is 5.36. The molecule has 0 saturated heterocycles. The van der Waals surface area contributed by atoms with Gasteiger partial charge in [-0.3, -0.25) is 0 Å². The first kappa shape index (κ1) is 12.4. The second-order valence-corrected chi connectivity index (χ2v) is 4.78. The van der Waals surface area contributed by atoms with Crippen LogP contribution in [0.3, 0.4) is 0 Å². The van der Waals surface area contributed by atoms with Gasteiger partial charge in [0.05, 0.1) is 7.11 Å². The average Bonchev–Trinajstić information content (AvgIpc) is 3.14. The topological polar surface area (TPSA) is 24.5 Å². The van der Waals surface area contributed by atoms with E-state index in [-0.39, 0.29) is 0 Å². The Bertz CT molecular complexity index is 350. The summed E-state index contributed by atoms with van der Waals surface area (Å²) in [6.07, 6.45) is 2.71. The Kier molecular flexibility index (Phi) is 4.40. The van der Waals surface area contributed by atoms with Crippen LogP contribution in [-0.4, -0.2) is 38.2 Å². The molecule has 1 aliphatic carbocycles. The lowest BCUT2D eigenvalue weighted by atomic mass is 10.2. The molecule has 3 heteroatoms. The van der Waals surface area contributed by atoms with Gasteiger partial charge in [0, 0.05) is 31.2 Å². The van der Waals surface area contributed by atoms with Gasteiger partial charge in [-0.2, -0.15) is 0 Å². The standard InChI is InChI=1S/C14H22N2O/c1-16(10-9-15-13-7-8-13)11-12-5-3-4-6-14(12)17-2/h3-6,13,15H,7-11H2,1-2H3. The van der Waals surface area contributed by atoms with E-state index in [1.54, 1.807) is 7.11 Å². The molecule has 1 saturated carbocycles. The molecule has 1 aliphatic rings. The predicted molar refractivity (Wildman–Crippen MR) is 70.4 cm³/mol. The Morgan fingerprint density at radius 2 is 2.12 bits per heavy atom. The minimum atomic E-state index is 0.801. The summed E-state index contributed by atoms with van der Waals surface area (Å²) in [5.41, 5.74) is 1.25. The van der Waals surface area contributed by atoms with Crippen molar-refractivity contribution in [1.82, 2.24) is 10.2 Å². The Morgan fingerprint density at radius 1 is 1.35 bits per heavy atom. The highest BCUT2D eigenvalue weighted by atomic mass is 16.5. The zero-order valence-electron chi connectivity index (χ0n) is 10.8. The highest BCUT2D eigenvalue weighted by molar-refractivity contribution is 5.32. The van der Waals surface area contributed by atoms with E-state index in [1.807, 2.05) is 12.1 Å². The highest BCUT2D eigenvalue weighted by Gasteiger charge is 2.19. The van der Waals surface area contributed by atoms with Gasteiger partial charge in [-0.05, 0) is 26.0 Å². The Morgan fingerprint density at radius 3 is 2.82 bits per heavy atom. The van der Waals surface area contributed by atoms with E-state index in [0.717, 1.165) is 31.4 Å². The van der Waals surface area contributed by atoms with E-state index in [2.05, 4.69) is 29.4 Å². The maximum atomic E-state index is 5.36. The molecular formula is C14H22N2O. The van der Waals surface area contributed by atoms with Crippen molar-refractivity contribution in [2.75, 3.05) is 27.2 Å². The molecule has 0 radical (unpaired) electrons. The maximum Gasteiger partial charge on any atom is 0.123 e. The molecule has 0 amide bonds. The van der Waals surface area contributed by atoms with Crippen LogP contribution in [0.4, 0.5) is 0 Å². The lowest BCUT2D eigenvalue weighted by Crippen LogP contribution is -2.30. The van der Waals surface area contributed by atoms with Crippen molar-refractivity contribution in [3.8, 4) is 5.75 Å². The molecule has 2 rings (SSSR count). The molecule has 0 heterocycles. The predicted octanol–water partition coefficient (Wildman–Crippen LogP) is 1.88. The molecule has 3 nitrogen and oxygen atoms in total. The molecule has 1 fully saturated rings. The van der Waals surface area contributed by atoms with Crippen molar-refractivity contribution < 1.29 is 4.74 Å². The molecule has 1 aromatic rings. The summed E-state index contributed by atoms with van der Waals surface area (Å²) in [7, 11) is 3.88. The van der Waals surface area contributed by atoms with Crippen molar-refractivity contribution in [2.24, 2.45) is 0 Å². The normalized spacial score (nSPS) is 15.2. The molecule has 0 unspecified atom stereocenters. The Hall–Kier alpha value is -1.06. The monoisotopic (exact) mass is 234 g/mol. The number of rotatable bonds is 7. The summed E-state index contributed by atoms with van der Waals surface area (Å²) >= 11 is 0. The lowest BCUT2D eigenvalue weighted by molar-refractivity contribution is 0.315. The van der Waals surface area contributed by atoms with Crippen LogP contribution in [0.25, 0.3) is 0 Å². The van der Waals surface area contributed by atoms with Crippen molar-refractivity contribution in [2.45, 2.75) is 25.4 Å². The number of nitrogens with one attached hydrogen (secondary N) is 1. The van der Waals surface area contributed by atoms with Crippen LogP contribution in [0.2, 0.25) is 0 Å². The first-order valence-corrected chi connectivity index (χ1v) is 6.33. The first-order valence-electron chi connectivity index (χ1n) is 6.33. The quantitative estimate of drug-likeness (QED) is 0.779. The van der Waals surface area contributed by atoms with Crippen LogP contribution in [0, 0.1) is 0 Å². The molecule has 0 aliphatic heterocycles. The van der Waals surface area contributed by atoms with E-state index in [9.17, 15) is 0 Å². The van der Waals surface area contributed by atoms with E-state index < -0.39 is 0 Å². The van der Waals surface area contributed by atoms with Crippen LogP contribution in [-0.2, 0) is 6.54 Å². The van der Waals surface area contributed by atoms with Crippen molar-refractivity contribution in [3.05, 3.63) is 29.8 Å². The van der Waals surface area contributed by atoms with Gasteiger partial charge in [0.2, 0.25) is 0 Å². The van der Waals surface area contributed by atoms with Crippen molar-refractivity contribution in [3.63, 3.8) is 0 Å². The molecule has 0 aromatic heterocycles. The third-order valence-electron chi connectivity index (χ3n) is 3.14. The molecule has 1 N–H and O–H groups in total. The van der Waals surface area contributed by atoms with Crippen molar-refractivity contribution >= 4 is 0 Å². The zero-order valence-corrected chi connectivity index (χ0v) is 10.8. The summed E-state index contributed by atoms with van der Waals surface area (Å²) in [6, 6.07) is 9.02. The second-order valence-electron chi connectivity index (χ2n) is 4.78. The number of ether oxygens (including phenoxy) is 1. The number of benzene rings is 1. The number of methoxy groups -OCH3 is 1. The summed E-state index contributed by atoms with van der Waals surface area (Å²) in [6.45, 7) is 3.10. The third-order valence-corrected chi connectivity index (χ3v) is 3.14. The summed E-state index contributed by atoms with van der Waals surface area (Å²) in [5.74, 6) is 0.981. The summed E-state index contributed by atoms with van der Waals surface area (Å²) in [5, 5.41) is 3.53. The first-order chi connectivity index (χ1) is 8.29. The van der Waals surface area contributed by atoms with Crippen LogP contribution >= 0.6 is 0 Å². The third kappa shape index (κ3) is 4.02. The minimum absolute atomic E-state index is 0.801. The molecule has 0 atom stereocenters. The van der Waals surface area contributed by atoms with E-state index in [0.29, 0.717) is 0 Å². The fourth-order valence-electron chi connectivity index (χ4n) is 1.95. The fraction of sp³-hybridized carbons (Fsp3) is 0.571. The smallest absolute Gasteiger partial charge is 0.123 e. The largest absolute Gasteiger partial charge is 0.496 e. The number of likely N-dealkylation sites (N-methyl/N-ethyl adjacent to an activating group) is 1. The highest BCUT2D eigenvalue weighted by Crippen LogP contribution is 2.19. The second kappa shape index (κ2) is 6.03. The molecule has 17 heavy (non-hydrogen) atoms. The van der Waals surface area contributed by atoms with Crippen molar-refractivity contribution in [1.29, 1.82) is 0 Å². The molecule has 0 bridgehead atoms. The zero-order chi connectivity index (χ0) is 12.1. The van der Waals surface area contributed by atoms with E-state index in [1.165, 1.54) is 18.4 Å². The lowest BCUT2D eigenvalue weighted by Gasteiger charge is -2.18. The van der Waals surface area contributed by atoms with Crippen LogP contribution in [0.5, 0.6) is 5.75 Å². The fourth-order valence-corrected chi connectivity index (χ4v) is 1.95. The summed E-state index contributed by atoms with van der Waals surface area (Å²) < 4.78 is 5.36. The van der Waals surface area contributed by atoms with Crippen LogP contribution in [0.15, 0.2) is 24.3 Å². The van der Waals surface area contributed by atoms with Gasteiger partial charge < -0.3 is 15.0 Å². The van der Waals surface area contributed by atoms with Gasteiger partial charge in [0.25, 0.3) is 0 Å². The van der Waals surface area contributed by atoms with Gasteiger partial charge in [-0.25, -0.2) is 0 Å². The van der Waals surface area contributed by atoms with Gasteiger partial charge in [-0.15, -0.1) is 0 Å². The number of nitrogens with zero attached hydrogens (tertiary/aromatic N) is 1. The SMILES string of the molecule is COc1ccccc1CN(C)CCNC1CC1. The average molecular weight is 234 g/mol. The molecule has 1 aromatic carbocycles. The van der Waals surface area contributed by atoms with E-state index in [4.69, 9.17) is 4.74 Å². The van der Waals surface area contributed by atoms with Gasteiger partial charge in [-0.1, -0.05) is 18.2 Å². The number of hydrogen-bond acceptors (Lipinski definition) is 3. The summed E-state index contributed by atoms with van der Waals surface area (Å²) in [4.78, 5) is 2.33. The van der Waals surface area contributed by atoms with Gasteiger partial charge in [0.1, 0.15) is 5.75 Å². The van der Waals surface area contributed by atoms with Gasteiger partial charge in [0.15, 0.2) is 0 Å².